The molecule has 3 nitrogen and oxygen atoms in total. The molecule has 4 heteroatoms. The van der Waals surface area contributed by atoms with E-state index in [4.69, 9.17) is 4.74 Å². The molecule has 0 aliphatic carbocycles. The van der Waals surface area contributed by atoms with Gasteiger partial charge in [0.25, 0.3) is 0 Å². The molecule has 2 fully saturated rings. The van der Waals surface area contributed by atoms with Gasteiger partial charge in [0.2, 0.25) is 0 Å². The highest BCUT2D eigenvalue weighted by atomic mass is 19.1. The third-order valence-electron chi connectivity index (χ3n) is 5.50. The number of ether oxygens (including phenoxy) is 1. The van der Waals surface area contributed by atoms with Crippen molar-refractivity contribution < 1.29 is 9.13 Å². The van der Waals surface area contributed by atoms with Crippen molar-refractivity contribution in [3.63, 3.8) is 0 Å². The molecule has 2 aromatic rings. The highest BCUT2D eigenvalue weighted by Crippen LogP contribution is 2.42. The summed E-state index contributed by atoms with van der Waals surface area (Å²) in [7, 11) is 0. The summed E-state index contributed by atoms with van der Waals surface area (Å²) < 4.78 is 20.0. The van der Waals surface area contributed by atoms with Crippen LogP contribution < -0.4 is 0 Å². The first kappa shape index (κ1) is 15.7. The lowest BCUT2D eigenvalue weighted by molar-refractivity contribution is -0.0449. The topological polar surface area (TPSA) is 25.4 Å². The van der Waals surface area contributed by atoms with Gasteiger partial charge in [-0.25, -0.2) is 4.39 Å². The van der Waals surface area contributed by atoms with E-state index in [2.05, 4.69) is 40.2 Å². The van der Waals surface area contributed by atoms with Crippen molar-refractivity contribution in [2.45, 2.75) is 37.3 Å². The SMILES string of the molecule is Fc1cnccc1CN1CCC2(CC1)CC(c1ccccc1)CO2. The average molecular weight is 326 g/mol. The van der Waals surface area contributed by atoms with E-state index >= 15 is 0 Å². The first-order valence-corrected chi connectivity index (χ1v) is 8.74. The Morgan fingerprint density at radius 1 is 1.17 bits per heavy atom. The van der Waals surface area contributed by atoms with Gasteiger partial charge in [-0.3, -0.25) is 9.88 Å². The zero-order chi connectivity index (χ0) is 16.4. The number of nitrogens with zero attached hydrogens (tertiary/aromatic N) is 2. The second kappa shape index (κ2) is 6.61. The summed E-state index contributed by atoms with van der Waals surface area (Å²) in [5.41, 5.74) is 2.14. The molecule has 3 heterocycles. The molecule has 1 atom stereocenters. The van der Waals surface area contributed by atoms with E-state index in [1.54, 1.807) is 12.3 Å². The number of hydrogen-bond acceptors (Lipinski definition) is 3. The fourth-order valence-corrected chi connectivity index (χ4v) is 4.02. The molecule has 1 unspecified atom stereocenters. The van der Waals surface area contributed by atoms with E-state index in [1.807, 2.05) is 0 Å². The minimum absolute atomic E-state index is 0.0216. The third-order valence-corrected chi connectivity index (χ3v) is 5.50. The zero-order valence-corrected chi connectivity index (χ0v) is 13.8. The number of likely N-dealkylation sites (tertiary alicyclic amines) is 1. The van der Waals surface area contributed by atoms with Gasteiger partial charge in [0, 0.05) is 37.3 Å². The molecule has 0 radical (unpaired) electrons. The van der Waals surface area contributed by atoms with Crippen molar-refractivity contribution in [3.8, 4) is 0 Å². The number of pyridine rings is 1. The van der Waals surface area contributed by atoms with Crippen LogP contribution in [0.2, 0.25) is 0 Å². The van der Waals surface area contributed by atoms with Crippen LogP contribution in [-0.2, 0) is 11.3 Å². The van der Waals surface area contributed by atoms with Crippen LogP contribution in [-0.4, -0.2) is 35.2 Å². The van der Waals surface area contributed by atoms with E-state index in [-0.39, 0.29) is 11.4 Å². The fourth-order valence-electron chi connectivity index (χ4n) is 4.02. The lowest BCUT2D eigenvalue weighted by Gasteiger charge is -2.38. The molecule has 1 aromatic heterocycles. The third kappa shape index (κ3) is 3.21. The van der Waals surface area contributed by atoms with Crippen LogP contribution in [0.3, 0.4) is 0 Å². The van der Waals surface area contributed by atoms with Crippen molar-refractivity contribution in [3.05, 3.63) is 65.7 Å². The zero-order valence-electron chi connectivity index (χ0n) is 13.8. The van der Waals surface area contributed by atoms with Crippen LogP contribution >= 0.6 is 0 Å². The highest BCUT2D eigenvalue weighted by Gasteiger charge is 2.42. The van der Waals surface area contributed by atoms with Gasteiger partial charge < -0.3 is 4.74 Å². The van der Waals surface area contributed by atoms with Gasteiger partial charge in [0.05, 0.1) is 18.4 Å². The van der Waals surface area contributed by atoms with E-state index < -0.39 is 0 Å². The Morgan fingerprint density at radius 2 is 1.96 bits per heavy atom. The number of rotatable bonds is 3. The highest BCUT2D eigenvalue weighted by molar-refractivity contribution is 5.22. The molecule has 126 valence electrons. The second-order valence-corrected chi connectivity index (χ2v) is 7.05. The monoisotopic (exact) mass is 326 g/mol. The molecule has 2 saturated heterocycles. The van der Waals surface area contributed by atoms with Crippen LogP contribution in [0.25, 0.3) is 0 Å². The van der Waals surface area contributed by atoms with Gasteiger partial charge >= 0.3 is 0 Å². The normalized spacial score (nSPS) is 23.6. The standard InChI is InChI=1S/C20H23FN2O/c21-19-13-22-9-6-17(19)14-23-10-7-20(8-11-23)12-18(15-24-20)16-4-2-1-3-5-16/h1-6,9,13,18H,7-8,10-12,14-15H2. The van der Waals surface area contributed by atoms with E-state index in [1.165, 1.54) is 11.8 Å². The van der Waals surface area contributed by atoms with Crippen LogP contribution in [0, 0.1) is 5.82 Å². The van der Waals surface area contributed by atoms with E-state index in [0.717, 1.165) is 44.5 Å². The number of hydrogen-bond donors (Lipinski definition) is 0. The largest absolute Gasteiger partial charge is 0.374 e. The minimum atomic E-state index is -0.209. The Kier molecular flexibility index (Phi) is 4.33. The molecule has 24 heavy (non-hydrogen) atoms. The van der Waals surface area contributed by atoms with Crippen molar-refractivity contribution in [1.82, 2.24) is 9.88 Å². The summed E-state index contributed by atoms with van der Waals surface area (Å²) in [4.78, 5) is 6.14. The molecular formula is C20H23FN2O. The summed E-state index contributed by atoms with van der Waals surface area (Å²) in [5.74, 6) is 0.300. The Balaban J connectivity index is 1.36. The summed E-state index contributed by atoms with van der Waals surface area (Å²) in [6.45, 7) is 3.40. The molecular weight excluding hydrogens is 303 g/mol. The fraction of sp³-hybridized carbons (Fsp3) is 0.450. The molecule has 0 bridgehead atoms. The van der Waals surface area contributed by atoms with Gasteiger partial charge in [-0.2, -0.15) is 0 Å². The molecule has 2 aliphatic rings. The van der Waals surface area contributed by atoms with Crippen molar-refractivity contribution in [2.24, 2.45) is 0 Å². The minimum Gasteiger partial charge on any atom is -0.374 e. The lowest BCUT2D eigenvalue weighted by Crippen LogP contribution is -2.43. The molecule has 1 aromatic carbocycles. The van der Waals surface area contributed by atoms with Gasteiger partial charge in [-0.15, -0.1) is 0 Å². The van der Waals surface area contributed by atoms with Crippen LogP contribution in [0.5, 0.6) is 0 Å². The lowest BCUT2D eigenvalue weighted by atomic mass is 9.83. The molecule has 0 amide bonds. The molecule has 4 rings (SSSR count). The van der Waals surface area contributed by atoms with Gasteiger partial charge in [0.15, 0.2) is 0 Å². The number of benzene rings is 1. The van der Waals surface area contributed by atoms with Crippen LogP contribution in [0.15, 0.2) is 48.8 Å². The maximum Gasteiger partial charge on any atom is 0.145 e. The second-order valence-electron chi connectivity index (χ2n) is 7.05. The molecule has 0 N–H and O–H groups in total. The van der Waals surface area contributed by atoms with Crippen molar-refractivity contribution in [1.29, 1.82) is 0 Å². The van der Waals surface area contributed by atoms with Gasteiger partial charge in [-0.1, -0.05) is 30.3 Å². The smallest absolute Gasteiger partial charge is 0.145 e. The van der Waals surface area contributed by atoms with Crippen molar-refractivity contribution >= 4 is 0 Å². The Hall–Kier alpha value is -1.78. The van der Waals surface area contributed by atoms with E-state index in [9.17, 15) is 4.39 Å². The summed E-state index contributed by atoms with van der Waals surface area (Å²) in [6.07, 6.45) is 6.13. The number of halogens is 1. The average Bonchev–Trinajstić information content (AvgIpc) is 3.04. The van der Waals surface area contributed by atoms with Gasteiger partial charge in [0.1, 0.15) is 5.82 Å². The first-order chi connectivity index (χ1) is 11.7. The first-order valence-electron chi connectivity index (χ1n) is 8.74. The predicted octanol–water partition coefficient (Wildman–Crippen LogP) is 3.76. The Bertz CT molecular complexity index is 683. The number of piperidine rings is 1. The summed E-state index contributed by atoms with van der Waals surface area (Å²) in [5, 5.41) is 0. The van der Waals surface area contributed by atoms with Crippen molar-refractivity contribution in [2.75, 3.05) is 19.7 Å². The Morgan fingerprint density at radius 3 is 2.71 bits per heavy atom. The quantitative estimate of drug-likeness (QED) is 0.859. The summed E-state index contributed by atoms with van der Waals surface area (Å²) >= 11 is 0. The van der Waals surface area contributed by atoms with Gasteiger partial charge in [-0.05, 0) is 30.9 Å². The summed E-state index contributed by atoms with van der Waals surface area (Å²) in [6, 6.07) is 12.4. The predicted molar refractivity (Wildman–Crippen MR) is 91.2 cm³/mol. The van der Waals surface area contributed by atoms with Crippen LogP contribution in [0.4, 0.5) is 4.39 Å². The van der Waals surface area contributed by atoms with E-state index in [0.29, 0.717) is 12.5 Å². The number of aromatic nitrogens is 1. The molecule has 1 spiro atoms. The Labute approximate surface area is 142 Å². The van der Waals surface area contributed by atoms with Crippen LogP contribution in [0.1, 0.15) is 36.3 Å². The molecule has 0 saturated carbocycles. The maximum atomic E-state index is 13.8. The maximum absolute atomic E-state index is 13.8. The molecule has 2 aliphatic heterocycles.